The second kappa shape index (κ2) is 7.08. The number of halogens is 2. The van der Waals surface area contributed by atoms with E-state index in [1.807, 2.05) is 0 Å². The van der Waals surface area contributed by atoms with E-state index in [0.717, 1.165) is 0 Å². The van der Waals surface area contributed by atoms with Gasteiger partial charge in [-0.2, -0.15) is 0 Å². The van der Waals surface area contributed by atoms with Crippen molar-refractivity contribution in [3.63, 3.8) is 0 Å². The fourth-order valence-electron chi connectivity index (χ4n) is 2.28. The third kappa shape index (κ3) is 4.07. The molecule has 0 aromatic carbocycles. The monoisotopic (exact) mass is 378 g/mol. The van der Waals surface area contributed by atoms with Gasteiger partial charge in [0, 0.05) is 29.9 Å². The number of rotatable bonds is 5. The lowest BCUT2D eigenvalue weighted by Crippen LogP contribution is -2.42. The van der Waals surface area contributed by atoms with Crippen molar-refractivity contribution >= 4 is 46.1 Å². The predicted octanol–water partition coefficient (Wildman–Crippen LogP) is 2.69. The van der Waals surface area contributed by atoms with Crippen LogP contribution in [-0.2, 0) is 11.2 Å². The van der Waals surface area contributed by atoms with Crippen molar-refractivity contribution in [1.82, 2.24) is 20.3 Å². The van der Waals surface area contributed by atoms with Crippen LogP contribution in [-0.4, -0.2) is 38.0 Å². The summed E-state index contributed by atoms with van der Waals surface area (Å²) in [5.41, 5.74) is 1.18. The molecule has 0 saturated carbocycles. The van der Waals surface area contributed by atoms with Crippen LogP contribution in [0.4, 0.5) is 0 Å². The number of aromatic amines is 1. The summed E-state index contributed by atoms with van der Waals surface area (Å²) >= 11 is 11.6. The van der Waals surface area contributed by atoms with E-state index in [4.69, 9.17) is 23.2 Å². The average Bonchev–Trinajstić information content (AvgIpc) is 2.99. The van der Waals surface area contributed by atoms with E-state index in [2.05, 4.69) is 20.3 Å². The van der Waals surface area contributed by atoms with Gasteiger partial charge in [-0.05, 0) is 24.3 Å². The zero-order valence-corrected chi connectivity index (χ0v) is 14.2. The van der Waals surface area contributed by atoms with Crippen LogP contribution >= 0.6 is 23.2 Å². The number of H-pyrrole nitrogens is 1. The lowest BCUT2D eigenvalue weighted by atomic mass is 10.1. The Morgan fingerprint density at radius 3 is 2.60 bits per heavy atom. The maximum absolute atomic E-state index is 12.4. The number of hydrogen-bond donors (Lipinski definition) is 3. The minimum absolute atomic E-state index is 0.0303. The molecule has 0 saturated heterocycles. The van der Waals surface area contributed by atoms with Gasteiger partial charge in [-0.15, -0.1) is 0 Å². The van der Waals surface area contributed by atoms with Gasteiger partial charge in [0.2, 0.25) is 0 Å². The molecule has 0 bridgehead atoms. The van der Waals surface area contributed by atoms with Crippen LogP contribution in [0, 0.1) is 0 Å². The van der Waals surface area contributed by atoms with E-state index in [1.165, 1.54) is 12.4 Å². The third-order valence-corrected chi connectivity index (χ3v) is 3.92. The van der Waals surface area contributed by atoms with Gasteiger partial charge in [-0.25, -0.2) is 9.78 Å². The quantitative estimate of drug-likeness (QED) is 0.632. The number of carboxylic acid groups (broad SMARTS) is 1. The van der Waals surface area contributed by atoms with Crippen molar-refractivity contribution in [3.8, 4) is 0 Å². The summed E-state index contributed by atoms with van der Waals surface area (Å²) < 4.78 is 0. The number of aromatic nitrogens is 3. The molecule has 128 valence electrons. The van der Waals surface area contributed by atoms with Crippen LogP contribution in [0.25, 0.3) is 11.0 Å². The highest BCUT2D eigenvalue weighted by Crippen LogP contribution is 2.17. The molecular weight excluding hydrogens is 367 g/mol. The van der Waals surface area contributed by atoms with Crippen LogP contribution < -0.4 is 5.32 Å². The summed E-state index contributed by atoms with van der Waals surface area (Å²) in [6, 6.07) is 5.30. The molecule has 0 aliphatic heterocycles. The van der Waals surface area contributed by atoms with E-state index in [1.54, 1.807) is 24.3 Å². The first kappa shape index (κ1) is 17.2. The molecule has 3 rings (SSSR count). The summed E-state index contributed by atoms with van der Waals surface area (Å²) in [5, 5.41) is 13.4. The Labute approximate surface area is 152 Å². The van der Waals surface area contributed by atoms with E-state index in [-0.39, 0.29) is 12.1 Å². The van der Waals surface area contributed by atoms with Crippen LogP contribution in [0.3, 0.4) is 0 Å². The van der Waals surface area contributed by atoms with Gasteiger partial charge in [0.15, 0.2) is 0 Å². The number of carbonyl (C=O) groups is 2. The second-order valence-electron chi connectivity index (χ2n) is 5.31. The number of nitrogens with zero attached hydrogens (tertiary/aromatic N) is 2. The molecule has 0 aliphatic rings. The highest BCUT2D eigenvalue weighted by atomic mass is 35.5. The fourth-order valence-corrected chi connectivity index (χ4v) is 2.56. The Morgan fingerprint density at radius 2 is 1.92 bits per heavy atom. The smallest absolute Gasteiger partial charge is 0.326 e. The molecule has 7 nitrogen and oxygen atoms in total. The van der Waals surface area contributed by atoms with E-state index in [9.17, 15) is 14.7 Å². The Kier molecular flexibility index (Phi) is 4.87. The van der Waals surface area contributed by atoms with Gasteiger partial charge in [0.05, 0.1) is 10.0 Å². The highest BCUT2D eigenvalue weighted by molar-refractivity contribution is 6.31. The predicted molar refractivity (Wildman–Crippen MR) is 92.9 cm³/mol. The molecule has 0 fully saturated rings. The Bertz CT molecular complexity index is 940. The van der Waals surface area contributed by atoms with Crippen LogP contribution in [0.1, 0.15) is 16.2 Å². The largest absolute Gasteiger partial charge is 0.480 e. The Morgan fingerprint density at radius 1 is 1.16 bits per heavy atom. The number of pyridine rings is 2. The van der Waals surface area contributed by atoms with Gasteiger partial charge in [-0.3, -0.25) is 9.78 Å². The topological polar surface area (TPSA) is 108 Å². The van der Waals surface area contributed by atoms with Gasteiger partial charge >= 0.3 is 5.97 Å². The number of aliphatic carboxylic acids is 1. The summed E-state index contributed by atoms with van der Waals surface area (Å²) in [5.74, 6) is -1.72. The first-order chi connectivity index (χ1) is 11.9. The lowest BCUT2D eigenvalue weighted by molar-refractivity contribution is -0.139. The summed E-state index contributed by atoms with van der Waals surface area (Å²) in [7, 11) is 0. The van der Waals surface area contributed by atoms with E-state index in [0.29, 0.717) is 26.8 Å². The van der Waals surface area contributed by atoms with Gasteiger partial charge < -0.3 is 15.4 Å². The number of amides is 1. The van der Waals surface area contributed by atoms with Crippen molar-refractivity contribution in [1.29, 1.82) is 0 Å². The third-order valence-electron chi connectivity index (χ3n) is 3.49. The fraction of sp³-hybridized carbons (Fsp3) is 0.125. The number of hydrogen-bond acceptors (Lipinski definition) is 4. The molecule has 9 heteroatoms. The first-order valence-corrected chi connectivity index (χ1v) is 7.96. The Balaban J connectivity index is 1.77. The van der Waals surface area contributed by atoms with E-state index >= 15 is 0 Å². The zero-order valence-electron chi connectivity index (χ0n) is 12.7. The molecular formula is C16H12Cl2N4O3. The molecule has 3 aromatic heterocycles. The average molecular weight is 379 g/mol. The maximum Gasteiger partial charge on any atom is 0.326 e. The van der Waals surface area contributed by atoms with Crippen LogP contribution in [0.5, 0.6) is 0 Å². The normalized spacial score (nSPS) is 12.1. The number of nitrogens with one attached hydrogen (secondary N) is 2. The maximum atomic E-state index is 12.4. The van der Waals surface area contributed by atoms with Gasteiger partial charge in [0.1, 0.15) is 17.4 Å². The molecule has 3 N–H and O–H groups in total. The van der Waals surface area contributed by atoms with Crippen molar-refractivity contribution in [2.24, 2.45) is 0 Å². The number of carbonyl (C=O) groups excluding carboxylic acids is 1. The SMILES string of the molecule is O=C(NC(Cc1ccc(Cl)cn1)C(=O)O)c1cc2cc(Cl)cnc2[nH]1. The Hall–Kier alpha value is -2.64. The summed E-state index contributed by atoms with van der Waals surface area (Å²) in [6.07, 6.45) is 2.90. The second-order valence-corrected chi connectivity index (χ2v) is 6.18. The molecule has 0 spiro atoms. The minimum atomic E-state index is -1.16. The summed E-state index contributed by atoms with van der Waals surface area (Å²) in [6.45, 7) is 0. The first-order valence-electron chi connectivity index (χ1n) is 7.21. The molecule has 25 heavy (non-hydrogen) atoms. The molecule has 1 amide bonds. The number of carboxylic acids is 1. The molecule has 1 atom stereocenters. The molecule has 3 heterocycles. The van der Waals surface area contributed by atoms with Gasteiger partial charge in [-0.1, -0.05) is 23.2 Å². The minimum Gasteiger partial charge on any atom is -0.480 e. The molecule has 1 unspecified atom stereocenters. The standard InChI is InChI=1S/C16H12Cl2N4O3/c17-9-1-2-11(19-6-9)5-13(16(24)25)22-15(23)12-4-8-3-10(18)7-20-14(8)21-12/h1-4,6-7,13H,5H2,(H,20,21)(H,22,23)(H,24,25). The molecule has 3 aromatic rings. The number of fused-ring (bicyclic) bond motifs is 1. The van der Waals surface area contributed by atoms with Crippen LogP contribution in [0.15, 0.2) is 36.7 Å². The van der Waals surface area contributed by atoms with Crippen molar-refractivity contribution in [2.45, 2.75) is 12.5 Å². The highest BCUT2D eigenvalue weighted by Gasteiger charge is 2.22. The molecule has 0 aliphatic carbocycles. The van der Waals surface area contributed by atoms with Gasteiger partial charge in [0.25, 0.3) is 5.91 Å². The zero-order chi connectivity index (χ0) is 18.0. The molecule has 0 radical (unpaired) electrons. The summed E-state index contributed by atoms with van der Waals surface area (Å²) in [4.78, 5) is 34.7. The van der Waals surface area contributed by atoms with E-state index < -0.39 is 17.9 Å². The van der Waals surface area contributed by atoms with Crippen molar-refractivity contribution < 1.29 is 14.7 Å². The van der Waals surface area contributed by atoms with Crippen LogP contribution in [0.2, 0.25) is 10.0 Å². The van der Waals surface area contributed by atoms with Crippen molar-refractivity contribution in [2.75, 3.05) is 0 Å². The lowest BCUT2D eigenvalue weighted by Gasteiger charge is -2.13. The van der Waals surface area contributed by atoms with Crippen molar-refractivity contribution in [3.05, 3.63) is 58.1 Å².